The monoisotopic (exact) mass is 400 g/mol. The molecule has 2 aliphatic heterocycles. The fourth-order valence-electron chi connectivity index (χ4n) is 5.04. The topological polar surface area (TPSA) is 49.3 Å². The van der Waals surface area contributed by atoms with Crippen molar-refractivity contribution in [3.05, 3.63) is 65.4 Å². The lowest BCUT2D eigenvalue weighted by molar-refractivity contribution is -0.132. The molecule has 30 heavy (non-hydrogen) atoms. The van der Waals surface area contributed by atoms with Crippen molar-refractivity contribution in [1.29, 1.82) is 0 Å². The highest BCUT2D eigenvalue weighted by Crippen LogP contribution is 2.41. The number of nitrogens with zero attached hydrogens (tertiary/aromatic N) is 4. The Bertz CT molecular complexity index is 1100. The van der Waals surface area contributed by atoms with Crippen LogP contribution in [0.3, 0.4) is 0 Å². The van der Waals surface area contributed by atoms with Gasteiger partial charge in [0.25, 0.3) is 0 Å². The Labute approximate surface area is 177 Å². The number of fused-ring (bicyclic) bond motifs is 1. The van der Waals surface area contributed by atoms with Crippen LogP contribution in [0.2, 0.25) is 0 Å². The lowest BCUT2D eigenvalue weighted by atomic mass is 9.84. The molecule has 0 N–H and O–H groups in total. The highest BCUT2D eigenvalue weighted by molar-refractivity contribution is 5.80. The lowest BCUT2D eigenvalue weighted by Crippen LogP contribution is -2.53. The average Bonchev–Trinajstić information content (AvgIpc) is 3.06. The third kappa shape index (κ3) is 3.32. The summed E-state index contributed by atoms with van der Waals surface area (Å²) in [5.74, 6) is 1.24. The summed E-state index contributed by atoms with van der Waals surface area (Å²) >= 11 is 0. The number of likely N-dealkylation sites (tertiary alicyclic amines) is 1. The largest absolute Gasteiger partial charge is 0.355 e. The number of aryl methyl sites for hydroxylation is 2. The fraction of sp³-hybridized carbons (Fsp3) is 0.400. The van der Waals surface area contributed by atoms with Gasteiger partial charge in [-0.05, 0) is 56.4 Å². The molecule has 2 aliphatic rings. The van der Waals surface area contributed by atoms with E-state index in [9.17, 15) is 4.79 Å². The molecule has 2 aromatic carbocycles. The van der Waals surface area contributed by atoms with Crippen LogP contribution in [-0.4, -0.2) is 39.4 Å². The van der Waals surface area contributed by atoms with Gasteiger partial charge < -0.3 is 9.80 Å². The van der Waals surface area contributed by atoms with Crippen LogP contribution in [0.1, 0.15) is 42.4 Å². The van der Waals surface area contributed by atoms with Crippen LogP contribution in [0, 0.1) is 13.8 Å². The summed E-state index contributed by atoms with van der Waals surface area (Å²) in [5.41, 5.74) is 5.63. The highest BCUT2D eigenvalue weighted by Gasteiger charge is 2.47. The Kier molecular flexibility index (Phi) is 4.69. The molecule has 1 spiro atoms. The Morgan fingerprint density at radius 2 is 1.77 bits per heavy atom. The first kappa shape index (κ1) is 19.0. The summed E-state index contributed by atoms with van der Waals surface area (Å²) in [6.45, 7) is 6.80. The SMILES string of the molecule is Cc1ccc(C)c(CN2C(=O)CCC23CCN(c2cnc4ccccc4n2)CC3)c1. The van der Waals surface area contributed by atoms with Gasteiger partial charge in [-0.25, -0.2) is 4.98 Å². The number of amides is 1. The summed E-state index contributed by atoms with van der Waals surface area (Å²) in [6, 6.07) is 14.5. The van der Waals surface area contributed by atoms with Gasteiger partial charge in [0.05, 0.1) is 17.2 Å². The van der Waals surface area contributed by atoms with Crippen LogP contribution in [0.25, 0.3) is 11.0 Å². The summed E-state index contributed by atoms with van der Waals surface area (Å²) in [4.78, 5) is 26.7. The first-order valence-electron chi connectivity index (χ1n) is 10.9. The molecule has 5 rings (SSSR count). The van der Waals surface area contributed by atoms with Crippen molar-refractivity contribution in [1.82, 2.24) is 14.9 Å². The summed E-state index contributed by atoms with van der Waals surface area (Å²) in [7, 11) is 0. The van der Waals surface area contributed by atoms with E-state index < -0.39 is 0 Å². The molecule has 2 fully saturated rings. The van der Waals surface area contributed by atoms with Crippen LogP contribution in [-0.2, 0) is 11.3 Å². The summed E-state index contributed by atoms with van der Waals surface area (Å²) < 4.78 is 0. The first-order valence-corrected chi connectivity index (χ1v) is 10.9. The standard InChI is InChI=1S/C25H28N4O/c1-18-7-8-19(2)20(15-18)17-29-24(30)9-10-25(29)11-13-28(14-12-25)23-16-26-21-5-3-4-6-22(21)27-23/h3-8,15-16H,9-14,17H2,1-2H3. The van der Waals surface area contributed by atoms with E-state index in [2.05, 4.69) is 46.8 Å². The Morgan fingerprint density at radius 3 is 2.57 bits per heavy atom. The zero-order valence-corrected chi connectivity index (χ0v) is 17.8. The smallest absolute Gasteiger partial charge is 0.223 e. The molecular weight excluding hydrogens is 372 g/mol. The van der Waals surface area contributed by atoms with Gasteiger partial charge in [0.1, 0.15) is 5.82 Å². The number of hydrogen-bond donors (Lipinski definition) is 0. The maximum atomic E-state index is 12.8. The van der Waals surface area contributed by atoms with E-state index in [0.717, 1.165) is 55.7 Å². The van der Waals surface area contributed by atoms with E-state index in [1.165, 1.54) is 16.7 Å². The molecule has 154 valence electrons. The lowest BCUT2D eigenvalue weighted by Gasteiger charge is -2.45. The van der Waals surface area contributed by atoms with Crippen LogP contribution in [0.4, 0.5) is 5.82 Å². The summed E-state index contributed by atoms with van der Waals surface area (Å²) in [6.07, 6.45) is 5.48. The molecule has 0 aliphatic carbocycles. The Hall–Kier alpha value is -2.95. The molecule has 0 bridgehead atoms. The van der Waals surface area contributed by atoms with Crippen molar-refractivity contribution < 1.29 is 4.79 Å². The number of benzene rings is 2. The Morgan fingerprint density at radius 1 is 1.00 bits per heavy atom. The second kappa shape index (κ2) is 7.38. The predicted molar refractivity (Wildman–Crippen MR) is 119 cm³/mol. The molecule has 5 nitrogen and oxygen atoms in total. The first-order chi connectivity index (χ1) is 14.5. The van der Waals surface area contributed by atoms with E-state index in [1.807, 2.05) is 30.5 Å². The second-order valence-electron chi connectivity index (χ2n) is 8.84. The van der Waals surface area contributed by atoms with E-state index >= 15 is 0 Å². The highest BCUT2D eigenvalue weighted by atomic mass is 16.2. The van der Waals surface area contributed by atoms with E-state index in [0.29, 0.717) is 12.3 Å². The van der Waals surface area contributed by atoms with Gasteiger partial charge in [-0.15, -0.1) is 0 Å². The zero-order chi connectivity index (χ0) is 20.7. The quantitative estimate of drug-likeness (QED) is 0.654. The van der Waals surface area contributed by atoms with Gasteiger partial charge in [0.2, 0.25) is 5.91 Å². The average molecular weight is 401 g/mol. The van der Waals surface area contributed by atoms with Crippen LogP contribution in [0.5, 0.6) is 0 Å². The minimum absolute atomic E-state index is 0.0198. The van der Waals surface area contributed by atoms with Crippen LogP contribution in [0.15, 0.2) is 48.7 Å². The number of aromatic nitrogens is 2. The molecule has 0 saturated carbocycles. The minimum atomic E-state index is -0.0198. The number of para-hydroxylation sites is 2. The van der Waals surface area contributed by atoms with Gasteiger partial charge in [0, 0.05) is 31.6 Å². The number of rotatable bonds is 3. The second-order valence-corrected chi connectivity index (χ2v) is 8.84. The normalized spacial score (nSPS) is 18.5. The van der Waals surface area contributed by atoms with E-state index in [-0.39, 0.29) is 5.54 Å². The number of carbonyl (C=O) groups is 1. The third-order valence-corrected chi connectivity index (χ3v) is 6.96. The maximum Gasteiger partial charge on any atom is 0.223 e. The molecule has 0 unspecified atom stereocenters. The molecule has 5 heteroatoms. The summed E-state index contributed by atoms with van der Waals surface area (Å²) in [5, 5.41) is 0. The molecule has 0 radical (unpaired) electrons. The van der Waals surface area contributed by atoms with E-state index in [4.69, 9.17) is 4.98 Å². The van der Waals surface area contributed by atoms with Gasteiger partial charge in [-0.2, -0.15) is 0 Å². The molecule has 3 heterocycles. The van der Waals surface area contributed by atoms with Crippen molar-refractivity contribution >= 4 is 22.8 Å². The van der Waals surface area contributed by atoms with Gasteiger partial charge in [0.15, 0.2) is 0 Å². The van der Waals surface area contributed by atoms with Crippen LogP contribution >= 0.6 is 0 Å². The number of piperidine rings is 1. The Balaban J connectivity index is 1.35. The van der Waals surface area contributed by atoms with Crippen molar-refractivity contribution in [2.45, 2.75) is 51.6 Å². The maximum absolute atomic E-state index is 12.8. The molecule has 1 aromatic heterocycles. The van der Waals surface area contributed by atoms with E-state index in [1.54, 1.807) is 0 Å². The molecule has 1 amide bonds. The molecular formula is C25H28N4O. The zero-order valence-electron chi connectivity index (χ0n) is 17.8. The predicted octanol–water partition coefficient (Wildman–Crippen LogP) is 4.41. The molecule has 2 saturated heterocycles. The minimum Gasteiger partial charge on any atom is -0.355 e. The van der Waals surface area contributed by atoms with Crippen molar-refractivity contribution in [2.24, 2.45) is 0 Å². The fourth-order valence-corrected chi connectivity index (χ4v) is 5.04. The number of anilines is 1. The van der Waals surface area contributed by atoms with Crippen molar-refractivity contribution in [3.63, 3.8) is 0 Å². The van der Waals surface area contributed by atoms with Gasteiger partial charge >= 0.3 is 0 Å². The number of carbonyl (C=O) groups excluding carboxylic acids is 1. The number of hydrogen-bond acceptors (Lipinski definition) is 4. The molecule has 0 atom stereocenters. The van der Waals surface area contributed by atoms with Gasteiger partial charge in [-0.1, -0.05) is 35.9 Å². The molecule has 3 aromatic rings. The van der Waals surface area contributed by atoms with Crippen molar-refractivity contribution in [2.75, 3.05) is 18.0 Å². The van der Waals surface area contributed by atoms with Crippen LogP contribution < -0.4 is 4.90 Å². The van der Waals surface area contributed by atoms with Gasteiger partial charge in [-0.3, -0.25) is 9.78 Å². The van der Waals surface area contributed by atoms with Crippen molar-refractivity contribution in [3.8, 4) is 0 Å². The third-order valence-electron chi connectivity index (χ3n) is 6.96.